The normalized spacial score (nSPS) is 23.8. The minimum Gasteiger partial charge on any atom is -0.497 e. The van der Waals surface area contributed by atoms with Crippen molar-refractivity contribution in [2.75, 3.05) is 20.2 Å². The first-order chi connectivity index (χ1) is 12.8. The maximum atomic E-state index is 13.1. The van der Waals surface area contributed by atoms with Crippen molar-refractivity contribution < 1.29 is 9.53 Å². The Bertz CT molecular complexity index is 614. The van der Waals surface area contributed by atoms with E-state index >= 15 is 0 Å². The van der Waals surface area contributed by atoms with Gasteiger partial charge >= 0.3 is 0 Å². The van der Waals surface area contributed by atoms with E-state index in [1.807, 2.05) is 12.1 Å². The van der Waals surface area contributed by atoms with Crippen LogP contribution in [0, 0.1) is 11.3 Å². The van der Waals surface area contributed by atoms with Gasteiger partial charge in [0.2, 0.25) is 5.91 Å². The molecule has 2 bridgehead atoms. The fourth-order valence-corrected chi connectivity index (χ4v) is 4.64. The minimum atomic E-state index is 0. The van der Waals surface area contributed by atoms with Gasteiger partial charge in [-0.3, -0.25) is 4.79 Å². The number of ether oxygens (including phenoxy) is 1. The van der Waals surface area contributed by atoms with E-state index in [0.717, 1.165) is 25.3 Å². The van der Waals surface area contributed by atoms with E-state index < -0.39 is 0 Å². The predicted octanol–water partition coefficient (Wildman–Crippen LogP) is 4.45. The molecule has 2 aliphatic heterocycles. The Kier molecular flexibility index (Phi) is 8.20. The van der Waals surface area contributed by atoms with Crippen LogP contribution < -0.4 is 10.1 Å². The van der Waals surface area contributed by atoms with Gasteiger partial charge in [-0.2, -0.15) is 0 Å². The third-order valence-electron chi connectivity index (χ3n) is 5.88. The molecule has 1 aromatic rings. The van der Waals surface area contributed by atoms with E-state index in [2.05, 4.69) is 43.1 Å². The van der Waals surface area contributed by atoms with Crippen molar-refractivity contribution in [3.8, 4) is 5.75 Å². The molecule has 0 radical (unpaired) electrons. The largest absolute Gasteiger partial charge is 0.497 e. The first-order valence-electron chi connectivity index (χ1n) is 10.5. The first kappa shape index (κ1) is 23.0. The molecule has 0 spiro atoms. The van der Waals surface area contributed by atoms with Gasteiger partial charge in [-0.25, -0.2) is 0 Å². The predicted molar refractivity (Wildman–Crippen MR) is 117 cm³/mol. The summed E-state index contributed by atoms with van der Waals surface area (Å²) in [5.74, 6) is 1.77. The number of carbonyl (C=O) groups is 1. The number of rotatable bonds is 7. The molecule has 0 aliphatic carbocycles. The Balaban J connectivity index is 0.00000280. The zero-order chi connectivity index (χ0) is 19.4. The summed E-state index contributed by atoms with van der Waals surface area (Å²) in [5.41, 5.74) is 1.37. The lowest BCUT2D eigenvalue weighted by Crippen LogP contribution is -2.43. The fraction of sp³-hybridized carbons (Fsp3) is 0.696. The highest BCUT2D eigenvalue weighted by atomic mass is 35.5. The van der Waals surface area contributed by atoms with Gasteiger partial charge in [-0.15, -0.1) is 12.4 Å². The van der Waals surface area contributed by atoms with E-state index in [1.54, 1.807) is 7.11 Å². The molecule has 2 unspecified atom stereocenters. The number of hydrogen-bond donors (Lipinski definition) is 1. The molecule has 2 aliphatic rings. The number of carbonyl (C=O) groups excluding carboxylic acids is 1. The molecule has 2 fully saturated rings. The van der Waals surface area contributed by atoms with Crippen molar-refractivity contribution in [3.63, 3.8) is 0 Å². The highest BCUT2D eigenvalue weighted by molar-refractivity contribution is 5.85. The zero-order valence-electron chi connectivity index (χ0n) is 17.9. The minimum absolute atomic E-state index is 0. The molecule has 1 aromatic carbocycles. The summed E-state index contributed by atoms with van der Waals surface area (Å²) in [6.45, 7) is 8.25. The summed E-state index contributed by atoms with van der Waals surface area (Å²) in [5, 5.41) is 3.68. The van der Waals surface area contributed by atoms with Crippen LogP contribution in [-0.2, 0) is 11.2 Å². The summed E-state index contributed by atoms with van der Waals surface area (Å²) in [6, 6.07) is 9.49. The summed E-state index contributed by atoms with van der Waals surface area (Å²) < 4.78 is 5.24. The van der Waals surface area contributed by atoms with Crippen LogP contribution in [0.3, 0.4) is 0 Å². The molecule has 1 amide bonds. The fourth-order valence-electron chi connectivity index (χ4n) is 4.64. The summed E-state index contributed by atoms with van der Waals surface area (Å²) >= 11 is 0. The molecule has 2 atom stereocenters. The van der Waals surface area contributed by atoms with Crippen LogP contribution in [0.25, 0.3) is 0 Å². The molecule has 2 heterocycles. The number of nitrogens with zero attached hydrogens (tertiary/aromatic N) is 1. The van der Waals surface area contributed by atoms with Crippen LogP contribution in [0.1, 0.15) is 58.4 Å². The molecule has 4 nitrogen and oxygen atoms in total. The monoisotopic (exact) mass is 408 g/mol. The number of methoxy groups -OCH3 is 1. The van der Waals surface area contributed by atoms with E-state index in [1.165, 1.54) is 31.2 Å². The van der Waals surface area contributed by atoms with Gasteiger partial charge in [0.25, 0.3) is 0 Å². The van der Waals surface area contributed by atoms with Gasteiger partial charge in [0.15, 0.2) is 0 Å². The Morgan fingerprint density at radius 1 is 1.14 bits per heavy atom. The lowest BCUT2D eigenvalue weighted by atomic mass is 9.88. The Hall–Kier alpha value is -1.26. The van der Waals surface area contributed by atoms with Crippen molar-refractivity contribution in [1.29, 1.82) is 0 Å². The summed E-state index contributed by atoms with van der Waals surface area (Å²) in [6.07, 6.45) is 6.53. The second-order valence-corrected chi connectivity index (χ2v) is 9.65. The van der Waals surface area contributed by atoms with Gasteiger partial charge in [0.1, 0.15) is 5.75 Å². The number of piperidine rings is 1. The quantitative estimate of drug-likeness (QED) is 0.724. The van der Waals surface area contributed by atoms with Crippen LogP contribution >= 0.6 is 12.4 Å². The number of halogens is 1. The van der Waals surface area contributed by atoms with E-state index in [0.29, 0.717) is 30.3 Å². The highest BCUT2D eigenvalue weighted by Crippen LogP contribution is 2.33. The molecule has 28 heavy (non-hydrogen) atoms. The molecule has 2 saturated heterocycles. The molecule has 0 saturated carbocycles. The standard InChI is InChI=1S/C23H36N2O2.ClH/c1-23(2,3)16-25(12-11-17-5-9-21(27-4)10-6-17)22(26)15-18-13-19-7-8-20(14-18)24-19;/h5-6,9-10,18-20,24H,7-8,11-16H2,1-4H3;1H. The maximum absolute atomic E-state index is 13.1. The van der Waals surface area contributed by atoms with Gasteiger partial charge in [-0.05, 0) is 61.1 Å². The number of benzene rings is 1. The van der Waals surface area contributed by atoms with Crippen molar-refractivity contribution >= 4 is 18.3 Å². The third-order valence-corrected chi connectivity index (χ3v) is 5.88. The molecule has 5 heteroatoms. The number of hydrogen-bond acceptors (Lipinski definition) is 3. The van der Waals surface area contributed by atoms with E-state index in [9.17, 15) is 4.79 Å². The molecule has 1 N–H and O–H groups in total. The second-order valence-electron chi connectivity index (χ2n) is 9.65. The van der Waals surface area contributed by atoms with E-state index in [-0.39, 0.29) is 17.8 Å². The smallest absolute Gasteiger partial charge is 0.222 e. The van der Waals surface area contributed by atoms with E-state index in [4.69, 9.17) is 4.74 Å². The maximum Gasteiger partial charge on any atom is 0.222 e. The molecule has 0 aromatic heterocycles. The topological polar surface area (TPSA) is 41.6 Å². The average Bonchev–Trinajstić information content (AvgIpc) is 2.96. The zero-order valence-corrected chi connectivity index (χ0v) is 18.7. The third kappa shape index (κ3) is 6.66. The van der Waals surface area contributed by atoms with Crippen LogP contribution in [0.15, 0.2) is 24.3 Å². The molecule has 3 rings (SSSR count). The van der Waals surface area contributed by atoms with Gasteiger partial charge < -0.3 is 15.0 Å². The first-order valence-corrected chi connectivity index (χ1v) is 10.5. The summed E-state index contributed by atoms with van der Waals surface area (Å²) in [4.78, 5) is 15.2. The van der Waals surface area contributed by atoms with Crippen molar-refractivity contribution in [2.45, 2.75) is 71.4 Å². The van der Waals surface area contributed by atoms with Crippen molar-refractivity contribution in [2.24, 2.45) is 11.3 Å². The van der Waals surface area contributed by atoms with Gasteiger partial charge in [-0.1, -0.05) is 32.9 Å². The Morgan fingerprint density at radius 3 is 2.29 bits per heavy atom. The SMILES string of the molecule is COc1ccc(CCN(CC(C)(C)C)C(=O)CC2CC3CCC(C2)N3)cc1.Cl. The van der Waals surface area contributed by atoms with Crippen LogP contribution in [0.2, 0.25) is 0 Å². The van der Waals surface area contributed by atoms with Crippen LogP contribution in [0.4, 0.5) is 0 Å². The van der Waals surface area contributed by atoms with Crippen LogP contribution in [-0.4, -0.2) is 43.1 Å². The number of amides is 1. The number of nitrogens with one attached hydrogen (secondary N) is 1. The van der Waals surface area contributed by atoms with Gasteiger partial charge in [0.05, 0.1) is 7.11 Å². The lowest BCUT2D eigenvalue weighted by Gasteiger charge is -2.33. The average molecular weight is 409 g/mol. The van der Waals surface area contributed by atoms with Gasteiger partial charge in [0, 0.05) is 31.6 Å². The Labute approximate surface area is 176 Å². The number of fused-ring (bicyclic) bond motifs is 2. The highest BCUT2D eigenvalue weighted by Gasteiger charge is 2.35. The second kappa shape index (κ2) is 9.98. The molecular formula is C23H37ClN2O2. The molecule has 158 valence electrons. The van der Waals surface area contributed by atoms with Crippen LogP contribution in [0.5, 0.6) is 5.75 Å². The Morgan fingerprint density at radius 2 is 1.75 bits per heavy atom. The van der Waals surface area contributed by atoms with Crippen molar-refractivity contribution in [3.05, 3.63) is 29.8 Å². The molecular weight excluding hydrogens is 372 g/mol. The summed E-state index contributed by atoms with van der Waals surface area (Å²) in [7, 11) is 1.69. The lowest BCUT2D eigenvalue weighted by molar-refractivity contribution is -0.133. The van der Waals surface area contributed by atoms with Crippen molar-refractivity contribution in [1.82, 2.24) is 10.2 Å².